The predicted molar refractivity (Wildman–Crippen MR) is 64.7 cm³/mol. The topological polar surface area (TPSA) is 64.3 Å². The monoisotopic (exact) mass is 222 g/mol. The Hall–Kier alpha value is -1.55. The number of anilines is 1. The van der Waals surface area contributed by atoms with E-state index in [-0.39, 0.29) is 5.91 Å². The van der Waals surface area contributed by atoms with E-state index in [0.29, 0.717) is 0 Å². The fourth-order valence-corrected chi connectivity index (χ4v) is 1.52. The molecule has 0 saturated carbocycles. The zero-order valence-corrected chi connectivity index (χ0v) is 10.1. The van der Waals surface area contributed by atoms with E-state index in [0.717, 1.165) is 22.6 Å². The van der Waals surface area contributed by atoms with Crippen molar-refractivity contribution in [3.63, 3.8) is 0 Å². The summed E-state index contributed by atoms with van der Waals surface area (Å²) in [5.41, 5.74) is 8.19. The first-order valence-corrected chi connectivity index (χ1v) is 5.18. The third kappa shape index (κ3) is 2.52. The molecular formula is C12H18N2O2. The second-order valence-corrected chi connectivity index (χ2v) is 3.87. The van der Waals surface area contributed by atoms with Crippen molar-refractivity contribution in [1.29, 1.82) is 0 Å². The SMILES string of the molecule is COc1c(C)ccc(NC(=O)C(C)N)c1C. The van der Waals surface area contributed by atoms with Gasteiger partial charge in [0.1, 0.15) is 5.75 Å². The molecular weight excluding hydrogens is 204 g/mol. The fraction of sp³-hybridized carbons (Fsp3) is 0.417. The van der Waals surface area contributed by atoms with E-state index in [1.54, 1.807) is 14.0 Å². The fourth-order valence-electron chi connectivity index (χ4n) is 1.52. The van der Waals surface area contributed by atoms with Crippen LogP contribution < -0.4 is 15.8 Å². The highest BCUT2D eigenvalue weighted by Gasteiger charge is 2.12. The van der Waals surface area contributed by atoms with Crippen LogP contribution in [0.15, 0.2) is 12.1 Å². The Kier molecular flexibility index (Phi) is 3.90. The molecule has 1 aromatic carbocycles. The molecule has 1 aromatic rings. The van der Waals surface area contributed by atoms with E-state index < -0.39 is 6.04 Å². The van der Waals surface area contributed by atoms with E-state index in [9.17, 15) is 4.79 Å². The highest BCUT2D eigenvalue weighted by Crippen LogP contribution is 2.29. The molecule has 0 radical (unpaired) electrons. The minimum Gasteiger partial charge on any atom is -0.496 e. The van der Waals surface area contributed by atoms with Gasteiger partial charge in [-0.3, -0.25) is 4.79 Å². The maximum Gasteiger partial charge on any atom is 0.241 e. The number of aryl methyl sites for hydroxylation is 1. The summed E-state index contributed by atoms with van der Waals surface area (Å²) in [5.74, 6) is 0.594. The van der Waals surface area contributed by atoms with Crippen LogP contribution in [-0.4, -0.2) is 19.1 Å². The Morgan fingerprint density at radius 2 is 2.06 bits per heavy atom. The maximum absolute atomic E-state index is 11.5. The molecule has 0 fully saturated rings. The smallest absolute Gasteiger partial charge is 0.241 e. The number of hydrogen-bond donors (Lipinski definition) is 2. The number of rotatable bonds is 3. The predicted octanol–water partition coefficient (Wildman–Crippen LogP) is 1.60. The largest absolute Gasteiger partial charge is 0.496 e. The van der Waals surface area contributed by atoms with Crippen molar-refractivity contribution in [2.45, 2.75) is 26.8 Å². The molecule has 1 unspecified atom stereocenters. The van der Waals surface area contributed by atoms with E-state index in [2.05, 4.69) is 5.32 Å². The molecule has 4 heteroatoms. The molecule has 0 aliphatic carbocycles. The molecule has 0 bridgehead atoms. The lowest BCUT2D eigenvalue weighted by atomic mass is 10.1. The molecule has 0 aliphatic heterocycles. The summed E-state index contributed by atoms with van der Waals surface area (Å²) in [6.45, 7) is 5.52. The maximum atomic E-state index is 11.5. The Bertz CT molecular complexity index is 400. The van der Waals surface area contributed by atoms with Gasteiger partial charge in [0.2, 0.25) is 5.91 Å². The van der Waals surface area contributed by atoms with Crippen LogP contribution >= 0.6 is 0 Å². The number of benzene rings is 1. The lowest BCUT2D eigenvalue weighted by Gasteiger charge is -2.14. The number of methoxy groups -OCH3 is 1. The van der Waals surface area contributed by atoms with Crippen molar-refractivity contribution >= 4 is 11.6 Å². The van der Waals surface area contributed by atoms with Gasteiger partial charge in [-0.25, -0.2) is 0 Å². The highest BCUT2D eigenvalue weighted by atomic mass is 16.5. The first-order valence-electron chi connectivity index (χ1n) is 5.18. The molecule has 0 aromatic heterocycles. The van der Waals surface area contributed by atoms with Gasteiger partial charge in [-0.05, 0) is 32.4 Å². The zero-order valence-electron chi connectivity index (χ0n) is 10.1. The standard InChI is InChI=1S/C12H18N2O2/c1-7-5-6-10(8(2)11(7)16-4)14-12(15)9(3)13/h5-6,9H,13H2,1-4H3,(H,14,15). The van der Waals surface area contributed by atoms with Gasteiger partial charge in [0.05, 0.1) is 13.2 Å². The van der Waals surface area contributed by atoms with Gasteiger partial charge >= 0.3 is 0 Å². The third-order valence-electron chi connectivity index (χ3n) is 2.48. The number of ether oxygens (including phenoxy) is 1. The molecule has 4 nitrogen and oxygen atoms in total. The Labute approximate surface area is 95.8 Å². The average Bonchev–Trinajstić information content (AvgIpc) is 2.22. The van der Waals surface area contributed by atoms with Crippen LogP contribution in [0, 0.1) is 13.8 Å². The molecule has 1 rings (SSSR count). The molecule has 3 N–H and O–H groups in total. The van der Waals surface area contributed by atoms with Crippen molar-refractivity contribution in [3.05, 3.63) is 23.3 Å². The van der Waals surface area contributed by atoms with E-state index in [4.69, 9.17) is 10.5 Å². The van der Waals surface area contributed by atoms with Crippen molar-refractivity contribution in [1.82, 2.24) is 0 Å². The van der Waals surface area contributed by atoms with Gasteiger partial charge < -0.3 is 15.8 Å². The summed E-state index contributed by atoms with van der Waals surface area (Å²) >= 11 is 0. The number of carbonyl (C=O) groups is 1. The molecule has 0 heterocycles. The Morgan fingerprint density at radius 3 is 2.56 bits per heavy atom. The second-order valence-electron chi connectivity index (χ2n) is 3.87. The van der Waals surface area contributed by atoms with Gasteiger partial charge in [-0.2, -0.15) is 0 Å². The number of amides is 1. The molecule has 1 atom stereocenters. The first kappa shape index (κ1) is 12.5. The molecule has 88 valence electrons. The van der Waals surface area contributed by atoms with Crippen molar-refractivity contribution in [2.75, 3.05) is 12.4 Å². The van der Waals surface area contributed by atoms with Crippen molar-refractivity contribution in [2.24, 2.45) is 5.73 Å². The molecule has 0 saturated heterocycles. The molecule has 1 amide bonds. The summed E-state index contributed by atoms with van der Waals surface area (Å²) in [7, 11) is 1.62. The van der Waals surface area contributed by atoms with Crippen molar-refractivity contribution < 1.29 is 9.53 Å². The van der Waals surface area contributed by atoms with E-state index in [1.165, 1.54) is 0 Å². The van der Waals surface area contributed by atoms with Crippen LogP contribution in [0.4, 0.5) is 5.69 Å². The van der Waals surface area contributed by atoms with Gasteiger partial charge in [0.25, 0.3) is 0 Å². The summed E-state index contributed by atoms with van der Waals surface area (Å²) < 4.78 is 5.28. The summed E-state index contributed by atoms with van der Waals surface area (Å²) in [6.07, 6.45) is 0. The van der Waals surface area contributed by atoms with E-state index >= 15 is 0 Å². The summed E-state index contributed by atoms with van der Waals surface area (Å²) in [5, 5.41) is 2.77. The Balaban J connectivity index is 3.03. The minimum absolute atomic E-state index is 0.200. The van der Waals surface area contributed by atoms with Gasteiger partial charge in [0.15, 0.2) is 0 Å². The van der Waals surface area contributed by atoms with Gasteiger partial charge in [0, 0.05) is 11.3 Å². The first-order chi connectivity index (χ1) is 7.47. The van der Waals surface area contributed by atoms with Gasteiger partial charge in [-0.15, -0.1) is 0 Å². The normalized spacial score (nSPS) is 12.1. The molecule has 16 heavy (non-hydrogen) atoms. The van der Waals surface area contributed by atoms with Crippen LogP contribution in [-0.2, 0) is 4.79 Å². The highest BCUT2D eigenvalue weighted by molar-refractivity contribution is 5.95. The zero-order chi connectivity index (χ0) is 12.3. The summed E-state index contributed by atoms with van der Waals surface area (Å²) in [4.78, 5) is 11.5. The minimum atomic E-state index is -0.522. The lowest BCUT2D eigenvalue weighted by molar-refractivity contribution is -0.117. The second kappa shape index (κ2) is 4.99. The quantitative estimate of drug-likeness (QED) is 0.816. The number of hydrogen-bond acceptors (Lipinski definition) is 3. The number of carbonyl (C=O) groups excluding carboxylic acids is 1. The van der Waals surface area contributed by atoms with Gasteiger partial charge in [-0.1, -0.05) is 6.07 Å². The van der Waals surface area contributed by atoms with Crippen LogP contribution in [0.5, 0.6) is 5.75 Å². The van der Waals surface area contributed by atoms with Crippen molar-refractivity contribution in [3.8, 4) is 5.75 Å². The van der Waals surface area contributed by atoms with Crippen LogP contribution in [0.2, 0.25) is 0 Å². The third-order valence-corrected chi connectivity index (χ3v) is 2.48. The van der Waals surface area contributed by atoms with Crippen LogP contribution in [0.25, 0.3) is 0 Å². The number of nitrogens with two attached hydrogens (primary N) is 1. The van der Waals surface area contributed by atoms with Crippen LogP contribution in [0.3, 0.4) is 0 Å². The number of nitrogens with one attached hydrogen (secondary N) is 1. The average molecular weight is 222 g/mol. The lowest BCUT2D eigenvalue weighted by Crippen LogP contribution is -2.32. The summed E-state index contributed by atoms with van der Waals surface area (Å²) in [6, 6.07) is 3.24. The molecule has 0 aliphatic rings. The Morgan fingerprint density at radius 1 is 1.44 bits per heavy atom. The van der Waals surface area contributed by atoms with E-state index in [1.807, 2.05) is 26.0 Å². The van der Waals surface area contributed by atoms with Crippen LogP contribution in [0.1, 0.15) is 18.1 Å². The molecule has 0 spiro atoms.